The highest BCUT2D eigenvalue weighted by Crippen LogP contribution is 2.45. The summed E-state index contributed by atoms with van der Waals surface area (Å²) >= 11 is 0. The normalized spacial score (nSPS) is 27.8. The molecule has 1 saturated heterocycles. The third-order valence-electron chi connectivity index (χ3n) is 7.00. The number of piperidine rings is 1. The number of rotatable bonds is 6. The molecule has 166 valence electrons. The second kappa shape index (κ2) is 7.62. The monoisotopic (exact) mass is 434 g/mol. The Balaban J connectivity index is 1.28. The molecule has 9 nitrogen and oxygen atoms in total. The fraction of sp³-hybridized carbons (Fsp3) is 0.522. The van der Waals surface area contributed by atoms with Crippen LogP contribution in [0.3, 0.4) is 0 Å². The molecule has 9 heteroatoms. The number of nitriles is 1. The van der Waals surface area contributed by atoms with Gasteiger partial charge in [0, 0.05) is 31.3 Å². The predicted octanol–water partition coefficient (Wildman–Crippen LogP) is 2.53. The molecular weight excluding hydrogens is 408 g/mol. The van der Waals surface area contributed by atoms with Crippen molar-refractivity contribution in [3.63, 3.8) is 0 Å². The zero-order chi connectivity index (χ0) is 22.3. The first-order valence-electron chi connectivity index (χ1n) is 11.0. The Morgan fingerprint density at radius 3 is 2.84 bits per heavy atom. The SMILES string of the molecule is CC12N=CC=CC1C(C1CCN(c3cc(C(=O)O)nc(OCC4(C#N)CC4)n3)CC1)=CN2. The Hall–Kier alpha value is -3.41. The topological polar surface area (TPSA) is 124 Å². The fourth-order valence-corrected chi connectivity index (χ4v) is 4.71. The van der Waals surface area contributed by atoms with Crippen molar-refractivity contribution in [2.24, 2.45) is 22.2 Å². The third-order valence-corrected chi connectivity index (χ3v) is 7.00. The summed E-state index contributed by atoms with van der Waals surface area (Å²) in [4.78, 5) is 26.8. The Morgan fingerprint density at radius 2 is 2.16 bits per heavy atom. The molecule has 0 aromatic carbocycles. The molecule has 2 unspecified atom stereocenters. The van der Waals surface area contributed by atoms with Gasteiger partial charge in [-0.05, 0) is 56.4 Å². The number of carboxylic acid groups (broad SMARTS) is 1. The molecule has 1 aromatic rings. The molecule has 0 spiro atoms. The number of hydrogen-bond acceptors (Lipinski definition) is 8. The maximum atomic E-state index is 11.6. The molecule has 4 heterocycles. The Labute approximate surface area is 186 Å². The van der Waals surface area contributed by atoms with Crippen LogP contribution in [0.2, 0.25) is 0 Å². The van der Waals surface area contributed by atoms with Crippen LogP contribution < -0.4 is 15.0 Å². The predicted molar refractivity (Wildman–Crippen MR) is 117 cm³/mol. The quantitative estimate of drug-likeness (QED) is 0.700. The van der Waals surface area contributed by atoms with Crippen LogP contribution in [0, 0.1) is 28.6 Å². The zero-order valence-electron chi connectivity index (χ0n) is 18.0. The van der Waals surface area contributed by atoms with Crippen molar-refractivity contribution in [2.45, 2.75) is 38.3 Å². The average molecular weight is 435 g/mol. The van der Waals surface area contributed by atoms with Gasteiger partial charge in [0.15, 0.2) is 5.69 Å². The first-order chi connectivity index (χ1) is 15.4. The Morgan fingerprint density at radius 1 is 1.38 bits per heavy atom. The molecule has 2 atom stereocenters. The van der Waals surface area contributed by atoms with Crippen molar-refractivity contribution in [1.29, 1.82) is 5.26 Å². The standard InChI is InChI=1S/C23H26N6O3/c1-22-17(3-2-8-25-22)16(12-26-22)15-4-9-29(10-5-15)19-11-18(20(30)31)27-21(28-19)32-14-23(13-24)6-7-23/h2-3,8,11-12,15,17,26H,4-7,9-10,14H2,1H3,(H,30,31). The molecule has 2 N–H and O–H groups in total. The number of carboxylic acids is 1. The number of nitrogens with zero attached hydrogens (tertiary/aromatic N) is 5. The van der Waals surface area contributed by atoms with Crippen molar-refractivity contribution in [3.8, 4) is 12.1 Å². The van der Waals surface area contributed by atoms with Gasteiger partial charge >= 0.3 is 12.0 Å². The molecule has 32 heavy (non-hydrogen) atoms. The number of aromatic nitrogens is 2. The number of nitrogens with one attached hydrogen (secondary N) is 1. The molecule has 1 saturated carbocycles. The number of hydrogen-bond donors (Lipinski definition) is 2. The molecular formula is C23H26N6O3. The van der Waals surface area contributed by atoms with E-state index < -0.39 is 11.4 Å². The van der Waals surface area contributed by atoms with Crippen molar-refractivity contribution in [3.05, 3.63) is 35.7 Å². The highest BCUT2D eigenvalue weighted by atomic mass is 16.5. The van der Waals surface area contributed by atoms with Gasteiger partial charge in [0.1, 0.15) is 18.1 Å². The minimum Gasteiger partial charge on any atom is -0.477 e. The zero-order valence-corrected chi connectivity index (χ0v) is 18.0. The second-order valence-electron chi connectivity index (χ2n) is 9.22. The lowest BCUT2D eigenvalue weighted by molar-refractivity contribution is 0.0688. The van der Waals surface area contributed by atoms with Crippen LogP contribution in [0.5, 0.6) is 6.01 Å². The van der Waals surface area contributed by atoms with E-state index in [1.165, 1.54) is 11.6 Å². The number of carbonyl (C=O) groups is 1. The molecule has 0 amide bonds. The van der Waals surface area contributed by atoms with E-state index in [-0.39, 0.29) is 29.9 Å². The summed E-state index contributed by atoms with van der Waals surface area (Å²) in [5.41, 5.74) is 0.511. The number of dihydropyridines is 1. The van der Waals surface area contributed by atoms with E-state index in [2.05, 4.69) is 50.4 Å². The molecule has 0 bridgehead atoms. The van der Waals surface area contributed by atoms with Gasteiger partial charge < -0.3 is 20.1 Å². The van der Waals surface area contributed by atoms with Crippen LogP contribution in [0.15, 0.2) is 35.0 Å². The van der Waals surface area contributed by atoms with E-state index in [9.17, 15) is 15.2 Å². The first kappa shape index (κ1) is 20.5. The van der Waals surface area contributed by atoms with E-state index >= 15 is 0 Å². The highest BCUT2D eigenvalue weighted by molar-refractivity contribution is 5.86. The summed E-state index contributed by atoms with van der Waals surface area (Å²) in [6, 6.07) is 3.78. The fourth-order valence-electron chi connectivity index (χ4n) is 4.71. The van der Waals surface area contributed by atoms with E-state index in [4.69, 9.17) is 4.74 Å². The minimum atomic E-state index is -1.12. The Kier molecular flexibility index (Phi) is 4.88. The van der Waals surface area contributed by atoms with Crippen LogP contribution in [-0.2, 0) is 0 Å². The van der Waals surface area contributed by atoms with Crippen molar-refractivity contribution in [2.75, 3.05) is 24.6 Å². The number of aromatic carboxylic acids is 1. The van der Waals surface area contributed by atoms with E-state index in [0.29, 0.717) is 11.7 Å². The van der Waals surface area contributed by atoms with Gasteiger partial charge in [-0.2, -0.15) is 15.2 Å². The minimum absolute atomic E-state index is 0.0206. The molecule has 0 radical (unpaired) electrons. The van der Waals surface area contributed by atoms with Gasteiger partial charge in [-0.1, -0.05) is 6.08 Å². The summed E-state index contributed by atoms with van der Waals surface area (Å²) in [7, 11) is 0. The van der Waals surface area contributed by atoms with Gasteiger partial charge in [-0.25, -0.2) is 4.79 Å². The van der Waals surface area contributed by atoms with Gasteiger partial charge in [0.25, 0.3) is 0 Å². The highest BCUT2D eigenvalue weighted by Gasteiger charge is 2.45. The van der Waals surface area contributed by atoms with E-state index in [1.807, 2.05) is 12.3 Å². The van der Waals surface area contributed by atoms with Crippen LogP contribution in [-0.4, -0.2) is 52.6 Å². The molecule has 5 rings (SSSR count). The number of anilines is 1. The van der Waals surface area contributed by atoms with Crippen LogP contribution in [0.1, 0.15) is 43.1 Å². The summed E-state index contributed by atoms with van der Waals surface area (Å²) in [5.74, 6) is 0.126. The van der Waals surface area contributed by atoms with E-state index in [1.54, 1.807) is 0 Å². The van der Waals surface area contributed by atoms with Crippen molar-refractivity contribution < 1.29 is 14.6 Å². The second-order valence-corrected chi connectivity index (χ2v) is 9.22. The van der Waals surface area contributed by atoms with Crippen LogP contribution in [0.4, 0.5) is 5.82 Å². The van der Waals surface area contributed by atoms with Gasteiger partial charge in [0.2, 0.25) is 0 Å². The smallest absolute Gasteiger partial charge is 0.354 e. The number of allylic oxidation sites excluding steroid dienone is 1. The van der Waals surface area contributed by atoms with Crippen LogP contribution >= 0.6 is 0 Å². The summed E-state index contributed by atoms with van der Waals surface area (Å²) in [5, 5.41) is 22.2. The lowest BCUT2D eigenvalue weighted by Gasteiger charge is -2.36. The van der Waals surface area contributed by atoms with E-state index in [0.717, 1.165) is 38.8 Å². The first-order valence-corrected chi connectivity index (χ1v) is 11.0. The maximum absolute atomic E-state index is 11.6. The summed E-state index contributed by atoms with van der Waals surface area (Å²) < 4.78 is 5.65. The van der Waals surface area contributed by atoms with Crippen LogP contribution in [0.25, 0.3) is 0 Å². The number of ether oxygens (including phenoxy) is 1. The lowest BCUT2D eigenvalue weighted by atomic mass is 9.78. The molecule has 4 aliphatic rings. The van der Waals surface area contributed by atoms with Gasteiger partial charge in [0.05, 0.1) is 11.5 Å². The number of fused-ring (bicyclic) bond motifs is 1. The summed E-state index contributed by atoms with van der Waals surface area (Å²) in [6.45, 7) is 3.82. The molecule has 1 aromatic heterocycles. The van der Waals surface area contributed by atoms with Crippen molar-refractivity contribution in [1.82, 2.24) is 15.3 Å². The molecule has 1 aliphatic carbocycles. The molecule has 2 fully saturated rings. The summed E-state index contributed by atoms with van der Waals surface area (Å²) in [6.07, 6.45) is 11.7. The lowest BCUT2D eigenvalue weighted by Crippen LogP contribution is -2.42. The third kappa shape index (κ3) is 3.70. The number of aliphatic imine (C=N–C) groups is 1. The van der Waals surface area contributed by atoms with Gasteiger partial charge in [-0.15, -0.1) is 0 Å². The average Bonchev–Trinajstić information content (AvgIpc) is 3.51. The maximum Gasteiger partial charge on any atom is 0.354 e. The van der Waals surface area contributed by atoms with Crippen molar-refractivity contribution >= 4 is 18.0 Å². The largest absolute Gasteiger partial charge is 0.477 e. The van der Waals surface area contributed by atoms with Gasteiger partial charge in [-0.3, -0.25) is 4.99 Å². The molecule has 3 aliphatic heterocycles. The Bertz CT molecular complexity index is 1060.